The Bertz CT molecular complexity index is 1110. The zero-order valence-corrected chi connectivity index (χ0v) is 13.3. The average molecular weight is 349 g/mol. The number of benzene rings is 2. The minimum atomic E-state index is -0.828. The third kappa shape index (κ3) is 2.20. The molecule has 0 atom stereocenters. The molecule has 0 fully saturated rings. The van der Waals surface area contributed by atoms with E-state index in [1.807, 2.05) is 6.07 Å². The van der Waals surface area contributed by atoms with Gasteiger partial charge in [0, 0.05) is 28.7 Å². The van der Waals surface area contributed by atoms with Crippen LogP contribution in [0.3, 0.4) is 0 Å². The molecular weight excluding hydrogens is 338 g/mol. The summed E-state index contributed by atoms with van der Waals surface area (Å²) in [5.41, 5.74) is 0.341. The Labute approximate surface area is 146 Å². The van der Waals surface area contributed by atoms with E-state index >= 15 is 0 Å². The van der Waals surface area contributed by atoms with Crippen molar-refractivity contribution in [2.24, 2.45) is 0 Å². The van der Waals surface area contributed by atoms with Crippen LogP contribution >= 0.6 is 0 Å². The molecule has 2 aromatic carbocycles. The van der Waals surface area contributed by atoms with Crippen molar-refractivity contribution in [3.63, 3.8) is 0 Å². The summed E-state index contributed by atoms with van der Waals surface area (Å²) in [5, 5.41) is 11.8. The fourth-order valence-corrected chi connectivity index (χ4v) is 3.14. The lowest BCUT2D eigenvalue weighted by Gasteiger charge is -2.12. The number of aromatic nitrogens is 1. The second-order valence-electron chi connectivity index (χ2n) is 5.82. The third-order valence-electron chi connectivity index (χ3n) is 4.37. The van der Waals surface area contributed by atoms with Crippen molar-refractivity contribution in [1.82, 2.24) is 9.88 Å². The van der Waals surface area contributed by atoms with Crippen LogP contribution in [0.1, 0.15) is 31.1 Å². The summed E-state index contributed by atoms with van der Waals surface area (Å²) in [6, 6.07) is 11.0. The van der Waals surface area contributed by atoms with Crippen molar-refractivity contribution >= 4 is 34.2 Å². The van der Waals surface area contributed by atoms with Crippen molar-refractivity contribution in [1.29, 1.82) is 0 Å². The molecule has 1 aliphatic rings. The van der Waals surface area contributed by atoms with Gasteiger partial charge < -0.3 is 4.98 Å². The molecule has 4 rings (SSSR count). The molecule has 128 valence electrons. The molecule has 0 aliphatic carbocycles. The van der Waals surface area contributed by atoms with Gasteiger partial charge >= 0.3 is 0 Å². The van der Waals surface area contributed by atoms with Gasteiger partial charge in [-0.25, -0.2) is 0 Å². The number of para-hydroxylation sites is 1. The summed E-state index contributed by atoms with van der Waals surface area (Å²) < 4.78 is 0. The van der Waals surface area contributed by atoms with Crippen molar-refractivity contribution < 1.29 is 19.3 Å². The second kappa shape index (κ2) is 5.62. The van der Waals surface area contributed by atoms with E-state index in [0.717, 1.165) is 16.5 Å². The second-order valence-corrected chi connectivity index (χ2v) is 5.82. The summed E-state index contributed by atoms with van der Waals surface area (Å²) in [5.74, 6) is -1.97. The van der Waals surface area contributed by atoms with Crippen molar-refractivity contribution in [2.75, 3.05) is 6.54 Å². The number of carbonyl (C=O) groups is 3. The first kappa shape index (κ1) is 15.7. The third-order valence-corrected chi connectivity index (χ3v) is 4.37. The maximum Gasteiger partial charge on any atom is 0.282 e. The standard InChI is InChI=1S/C18H11N3O5/c22-15(12-8-19-13-6-2-1-4-10(12)13)9-20-17(23)11-5-3-7-14(21(25)26)16(11)18(20)24/h1-8,19H,9H2. The van der Waals surface area contributed by atoms with E-state index in [2.05, 4.69) is 4.98 Å². The van der Waals surface area contributed by atoms with E-state index in [4.69, 9.17) is 0 Å². The lowest BCUT2D eigenvalue weighted by atomic mass is 10.1. The van der Waals surface area contributed by atoms with Crippen LogP contribution in [0.5, 0.6) is 0 Å². The fourth-order valence-electron chi connectivity index (χ4n) is 3.14. The molecule has 0 bridgehead atoms. The van der Waals surface area contributed by atoms with Crippen LogP contribution in [0.15, 0.2) is 48.7 Å². The number of nitrogens with one attached hydrogen (secondary N) is 1. The van der Waals surface area contributed by atoms with Crippen LogP contribution in [0.4, 0.5) is 5.69 Å². The van der Waals surface area contributed by atoms with Gasteiger partial charge in [0.05, 0.1) is 17.0 Å². The molecule has 0 radical (unpaired) electrons. The number of nitrogens with zero attached hydrogens (tertiary/aromatic N) is 2. The van der Waals surface area contributed by atoms with Gasteiger partial charge in [-0.3, -0.25) is 29.4 Å². The molecule has 2 amide bonds. The number of fused-ring (bicyclic) bond motifs is 2. The highest BCUT2D eigenvalue weighted by molar-refractivity contribution is 6.25. The fraction of sp³-hybridized carbons (Fsp3) is 0.0556. The average Bonchev–Trinajstić information content (AvgIpc) is 3.17. The predicted octanol–water partition coefficient (Wildman–Crippen LogP) is 2.56. The van der Waals surface area contributed by atoms with E-state index < -0.39 is 34.8 Å². The Hall–Kier alpha value is -3.81. The summed E-state index contributed by atoms with van der Waals surface area (Å²) in [4.78, 5) is 51.8. The summed E-state index contributed by atoms with van der Waals surface area (Å²) >= 11 is 0. The number of hydrogen-bond acceptors (Lipinski definition) is 5. The minimum absolute atomic E-state index is 0.0593. The number of ketones is 1. The number of nitro benzene ring substituents is 1. The highest BCUT2D eigenvalue weighted by Crippen LogP contribution is 2.31. The van der Waals surface area contributed by atoms with Crippen LogP contribution in [0.2, 0.25) is 0 Å². The van der Waals surface area contributed by atoms with Gasteiger partial charge in [0.25, 0.3) is 17.5 Å². The summed E-state index contributed by atoms with van der Waals surface area (Å²) in [6.45, 7) is -0.481. The van der Waals surface area contributed by atoms with Crippen molar-refractivity contribution in [3.8, 4) is 0 Å². The van der Waals surface area contributed by atoms with Crippen LogP contribution in [-0.4, -0.2) is 38.9 Å². The Morgan fingerprint density at radius 2 is 1.85 bits per heavy atom. The molecule has 0 saturated carbocycles. The van der Waals surface area contributed by atoms with Gasteiger partial charge in [0.1, 0.15) is 5.56 Å². The van der Waals surface area contributed by atoms with Crippen LogP contribution < -0.4 is 0 Å². The Morgan fingerprint density at radius 3 is 2.62 bits per heavy atom. The number of amides is 2. The molecule has 26 heavy (non-hydrogen) atoms. The van der Waals surface area contributed by atoms with Gasteiger partial charge in [-0.2, -0.15) is 0 Å². The number of nitro groups is 1. The van der Waals surface area contributed by atoms with E-state index in [9.17, 15) is 24.5 Å². The highest BCUT2D eigenvalue weighted by Gasteiger charge is 2.41. The molecule has 1 aromatic heterocycles. The molecule has 1 aliphatic heterocycles. The number of Topliss-reactive ketones (excluding diaryl/α,β-unsaturated/α-hetero) is 1. The number of aromatic amines is 1. The number of H-pyrrole nitrogens is 1. The highest BCUT2D eigenvalue weighted by atomic mass is 16.6. The quantitative estimate of drug-likeness (QED) is 0.336. The Balaban J connectivity index is 1.68. The lowest BCUT2D eigenvalue weighted by molar-refractivity contribution is -0.385. The molecule has 1 N–H and O–H groups in total. The Morgan fingerprint density at radius 1 is 1.08 bits per heavy atom. The van der Waals surface area contributed by atoms with Gasteiger partial charge in [0.15, 0.2) is 5.78 Å². The zero-order chi connectivity index (χ0) is 18.4. The first-order valence-corrected chi connectivity index (χ1v) is 7.72. The summed E-state index contributed by atoms with van der Waals surface area (Å²) in [6.07, 6.45) is 1.52. The molecule has 8 nitrogen and oxygen atoms in total. The number of rotatable bonds is 4. The zero-order valence-electron chi connectivity index (χ0n) is 13.3. The maximum atomic E-state index is 12.6. The molecule has 0 saturated heterocycles. The van der Waals surface area contributed by atoms with Gasteiger partial charge in [0.2, 0.25) is 0 Å². The van der Waals surface area contributed by atoms with Crippen molar-refractivity contribution in [3.05, 3.63) is 75.5 Å². The molecule has 3 aromatic rings. The van der Waals surface area contributed by atoms with Crippen LogP contribution in [0.25, 0.3) is 10.9 Å². The minimum Gasteiger partial charge on any atom is -0.360 e. The predicted molar refractivity (Wildman–Crippen MR) is 91.1 cm³/mol. The SMILES string of the molecule is O=C(CN1C(=O)c2cccc([N+](=O)[O-])c2C1=O)c1c[nH]c2ccccc12. The molecule has 2 heterocycles. The van der Waals surface area contributed by atoms with Crippen LogP contribution in [0, 0.1) is 10.1 Å². The first-order valence-electron chi connectivity index (χ1n) is 7.72. The Kier molecular flexibility index (Phi) is 3.40. The summed E-state index contributed by atoms with van der Waals surface area (Å²) in [7, 11) is 0. The van der Waals surface area contributed by atoms with Gasteiger partial charge in [-0.05, 0) is 12.1 Å². The van der Waals surface area contributed by atoms with E-state index in [-0.39, 0.29) is 11.1 Å². The normalized spacial score (nSPS) is 13.3. The van der Waals surface area contributed by atoms with E-state index in [1.165, 1.54) is 18.3 Å². The smallest absolute Gasteiger partial charge is 0.282 e. The topological polar surface area (TPSA) is 113 Å². The lowest BCUT2D eigenvalue weighted by Crippen LogP contribution is -2.34. The number of carbonyl (C=O) groups excluding carboxylic acids is 3. The first-order chi connectivity index (χ1) is 12.5. The van der Waals surface area contributed by atoms with E-state index in [1.54, 1.807) is 18.2 Å². The number of hydrogen-bond donors (Lipinski definition) is 1. The monoisotopic (exact) mass is 349 g/mol. The van der Waals surface area contributed by atoms with Gasteiger partial charge in [-0.1, -0.05) is 24.3 Å². The van der Waals surface area contributed by atoms with Crippen LogP contribution in [-0.2, 0) is 0 Å². The molecule has 0 spiro atoms. The maximum absolute atomic E-state index is 12.6. The van der Waals surface area contributed by atoms with Gasteiger partial charge in [-0.15, -0.1) is 0 Å². The van der Waals surface area contributed by atoms with E-state index in [0.29, 0.717) is 10.9 Å². The molecular formula is C18H11N3O5. The number of imide groups is 1. The largest absolute Gasteiger partial charge is 0.360 e. The molecule has 8 heteroatoms. The molecule has 0 unspecified atom stereocenters. The van der Waals surface area contributed by atoms with Crippen molar-refractivity contribution in [2.45, 2.75) is 0 Å².